The smallest absolute Gasteiger partial charge is 0.0284 e. The second-order valence-electron chi connectivity index (χ2n) is 6.22. The van der Waals surface area contributed by atoms with Crippen molar-refractivity contribution in [1.29, 1.82) is 0 Å². The van der Waals surface area contributed by atoms with E-state index in [1.54, 1.807) is 11.1 Å². The lowest BCUT2D eigenvalue weighted by atomic mass is 9.58. The van der Waals surface area contributed by atoms with Gasteiger partial charge in [-0.1, -0.05) is 31.4 Å². The molecule has 0 saturated heterocycles. The predicted octanol–water partition coefficient (Wildman–Crippen LogP) is 4.56. The van der Waals surface area contributed by atoms with Gasteiger partial charge in [0, 0.05) is 0 Å². The van der Waals surface area contributed by atoms with Crippen LogP contribution >= 0.6 is 0 Å². The average molecular weight is 192 g/mol. The topological polar surface area (TPSA) is 0 Å². The van der Waals surface area contributed by atoms with Crippen molar-refractivity contribution in [3.63, 3.8) is 0 Å². The van der Waals surface area contributed by atoms with Gasteiger partial charge < -0.3 is 0 Å². The lowest BCUT2D eigenvalue weighted by Gasteiger charge is -2.47. The van der Waals surface area contributed by atoms with Crippen molar-refractivity contribution in [2.24, 2.45) is 17.3 Å². The fraction of sp³-hybridized carbons (Fsp3) is 0.857. The Hall–Kier alpha value is -0.260. The summed E-state index contributed by atoms with van der Waals surface area (Å²) in [7, 11) is 0. The van der Waals surface area contributed by atoms with Crippen molar-refractivity contribution >= 4 is 0 Å². The summed E-state index contributed by atoms with van der Waals surface area (Å²) >= 11 is 0. The summed E-state index contributed by atoms with van der Waals surface area (Å²) in [5.41, 5.74) is 3.97. The molecule has 0 radical (unpaired) electrons. The predicted molar refractivity (Wildman–Crippen MR) is 62.2 cm³/mol. The van der Waals surface area contributed by atoms with Gasteiger partial charge in [0.1, 0.15) is 0 Å². The largest absolute Gasteiger partial charge is 0.0741 e. The van der Waals surface area contributed by atoms with Gasteiger partial charge in [-0.3, -0.25) is 0 Å². The van der Waals surface area contributed by atoms with E-state index in [9.17, 15) is 0 Å². The zero-order valence-electron chi connectivity index (χ0n) is 10.2. The van der Waals surface area contributed by atoms with Crippen LogP contribution < -0.4 is 0 Å². The molecule has 0 heterocycles. The molecule has 1 saturated carbocycles. The molecule has 80 valence electrons. The minimum atomic E-state index is 0.602. The number of fused-ring (bicyclic) bond motifs is 1. The summed E-state index contributed by atoms with van der Waals surface area (Å²) in [5.74, 6) is 1.97. The number of hydrogen-bond donors (Lipinski definition) is 0. The first-order chi connectivity index (χ1) is 6.50. The van der Waals surface area contributed by atoms with Gasteiger partial charge in [0.2, 0.25) is 0 Å². The van der Waals surface area contributed by atoms with E-state index in [1.165, 1.54) is 32.1 Å². The standard InChI is InChI=1S/C14H24/c1-10-8-12-6-5-7-14(3,4)13(12)9-11(10)2/h12-13H,5-9H2,1-4H3. The summed E-state index contributed by atoms with van der Waals surface area (Å²) in [6.45, 7) is 9.65. The highest BCUT2D eigenvalue weighted by atomic mass is 14.5. The van der Waals surface area contributed by atoms with Crippen LogP contribution in [-0.4, -0.2) is 0 Å². The SMILES string of the molecule is CC1=C(C)CC2C(CCCC2(C)C)C1. The van der Waals surface area contributed by atoms with E-state index in [4.69, 9.17) is 0 Å². The first-order valence-corrected chi connectivity index (χ1v) is 6.16. The summed E-state index contributed by atoms with van der Waals surface area (Å²) in [4.78, 5) is 0. The van der Waals surface area contributed by atoms with Crippen LogP contribution in [0, 0.1) is 17.3 Å². The molecule has 0 heteroatoms. The van der Waals surface area contributed by atoms with Crippen molar-refractivity contribution in [3.05, 3.63) is 11.1 Å². The van der Waals surface area contributed by atoms with Crippen LogP contribution in [0.2, 0.25) is 0 Å². The summed E-state index contributed by atoms with van der Waals surface area (Å²) in [6, 6.07) is 0. The Bertz CT molecular complexity index is 257. The second-order valence-corrected chi connectivity index (χ2v) is 6.22. The molecular weight excluding hydrogens is 168 g/mol. The zero-order valence-corrected chi connectivity index (χ0v) is 10.2. The molecule has 2 rings (SSSR count). The molecule has 0 nitrogen and oxygen atoms in total. The maximum absolute atomic E-state index is 2.48. The molecule has 1 fully saturated rings. The molecule has 2 atom stereocenters. The number of rotatable bonds is 0. The number of allylic oxidation sites excluding steroid dienone is 2. The molecule has 0 amide bonds. The summed E-state index contributed by atoms with van der Waals surface area (Å²) < 4.78 is 0. The van der Waals surface area contributed by atoms with Gasteiger partial charge in [-0.25, -0.2) is 0 Å². The first-order valence-electron chi connectivity index (χ1n) is 6.16. The maximum Gasteiger partial charge on any atom is -0.0284 e. The molecule has 0 aromatic carbocycles. The Morgan fingerprint density at radius 3 is 2.43 bits per heavy atom. The molecular formula is C14H24. The van der Waals surface area contributed by atoms with Gasteiger partial charge in [0.15, 0.2) is 0 Å². The second kappa shape index (κ2) is 3.40. The molecule has 2 aliphatic rings. The molecule has 0 N–H and O–H groups in total. The monoisotopic (exact) mass is 192 g/mol. The third-order valence-electron chi connectivity index (χ3n) is 4.79. The van der Waals surface area contributed by atoms with Gasteiger partial charge in [-0.05, 0) is 56.8 Å². The van der Waals surface area contributed by atoms with Crippen molar-refractivity contribution < 1.29 is 0 Å². The molecule has 2 aliphatic carbocycles. The van der Waals surface area contributed by atoms with Crippen molar-refractivity contribution in [2.45, 2.75) is 59.8 Å². The van der Waals surface area contributed by atoms with E-state index in [0.29, 0.717) is 5.41 Å². The Kier molecular flexibility index (Phi) is 2.49. The fourth-order valence-corrected chi connectivity index (χ4v) is 3.60. The highest BCUT2D eigenvalue weighted by Crippen LogP contribution is 2.51. The van der Waals surface area contributed by atoms with Crippen LogP contribution in [0.4, 0.5) is 0 Å². The molecule has 0 bridgehead atoms. The molecule has 14 heavy (non-hydrogen) atoms. The van der Waals surface area contributed by atoms with E-state index in [-0.39, 0.29) is 0 Å². The van der Waals surface area contributed by atoms with Gasteiger partial charge >= 0.3 is 0 Å². The fourth-order valence-electron chi connectivity index (χ4n) is 3.60. The van der Waals surface area contributed by atoms with E-state index < -0.39 is 0 Å². The molecule has 0 aliphatic heterocycles. The minimum Gasteiger partial charge on any atom is -0.0741 e. The van der Waals surface area contributed by atoms with Crippen molar-refractivity contribution in [3.8, 4) is 0 Å². The Labute approximate surface area is 88.8 Å². The van der Waals surface area contributed by atoms with Crippen LogP contribution in [0.25, 0.3) is 0 Å². The quantitative estimate of drug-likeness (QED) is 0.494. The Balaban J connectivity index is 2.23. The average Bonchev–Trinajstić information content (AvgIpc) is 2.08. The van der Waals surface area contributed by atoms with Crippen molar-refractivity contribution in [2.75, 3.05) is 0 Å². The zero-order chi connectivity index (χ0) is 10.3. The van der Waals surface area contributed by atoms with E-state index in [0.717, 1.165) is 11.8 Å². The van der Waals surface area contributed by atoms with E-state index in [1.807, 2.05) is 0 Å². The first kappa shape index (κ1) is 10.3. The lowest BCUT2D eigenvalue weighted by molar-refractivity contribution is 0.0671. The lowest BCUT2D eigenvalue weighted by Crippen LogP contribution is -2.37. The summed E-state index contributed by atoms with van der Waals surface area (Å²) in [6.07, 6.45) is 7.16. The van der Waals surface area contributed by atoms with Crippen LogP contribution in [0.5, 0.6) is 0 Å². The van der Waals surface area contributed by atoms with Gasteiger partial charge in [0.25, 0.3) is 0 Å². The van der Waals surface area contributed by atoms with E-state index in [2.05, 4.69) is 27.7 Å². The van der Waals surface area contributed by atoms with Crippen LogP contribution in [0.15, 0.2) is 11.1 Å². The minimum absolute atomic E-state index is 0.602. The molecule has 0 aromatic heterocycles. The van der Waals surface area contributed by atoms with Crippen LogP contribution in [0.3, 0.4) is 0 Å². The van der Waals surface area contributed by atoms with E-state index >= 15 is 0 Å². The third kappa shape index (κ3) is 1.64. The molecule has 0 spiro atoms. The maximum atomic E-state index is 2.48. The van der Waals surface area contributed by atoms with Gasteiger partial charge in [-0.15, -0.1) is 0 Å². The molecule has 0 aromatic rings. The normalized spacial score (nSPS) is 36.9. The van der Waals surface area contributed by atoms with Crippen LogP contribution in [0.1, 0.15) is 59.8 Å². The number of hydrogen-bond acceptors (Lipinski definition) is 0. The van der Waals surface area contributed by atoms with Crippen molar-refractivity contribution in [1.82, 2.24) is 0 Å². The molecule has 2 unspecified atom stereocenters. The third-order valence-corrected chi connectivity index (χ3v) is 4.79. The van der Waals surface area contributed by atoms with Crippen LogP contribution in [-0.2, 0) is 0 Å². The Morgan fingerprint density at radius 1 is 1.07 bits per heavy atom. The Morgan fingerprint density at radius 2 is 1.71 bits per heavy atom. The highest BCUT2D eigenvalue weighted by molar-refractivity contribution is 5.17. The van der Waals surface area contributed by atoms with Gasteiger partial charge in [-0.2, -0.15) is 0 Å². The highest BCUT2D eigenvalue weighted by Gasteiger charge is 2.40. The van der Waals surface area contributed by atoms with Gasteiger partial charge in [0.05, 0.1) is 0 Å². The summed E-state index contributed by atoms with van der Waals surface area (Å²) in [5, 5.41) is 0.